The number of hydrogen-bond donors (Lipinski definition) is 2. The lowest BCUT2D eigenvalue weighted by Gasteiger charge is -2.06. The molecule has 0 spiro atoms. The summed E-state index contributed by atoms with van der Waals surface area (Å²) in [7, 11) is 0. The van der Waals surface area contributed by atoms with E-state index in [1.54, 1.807) is 6.92 Å². The molecule has 88 valence electrons. The summed E-state index contributed by atoms with van der Waals surface area (Å²) in [6.45, 7) is 1.99. The van der Waals surface area contributed by atoms with Gasteiger partial charge in [-0.15, -0.1) is 0 Å². The Morgan fingerprint density at radius 1 is 1.38 bits per heavy atom. The van der Waals surface area contributed by atoms with Crippen LogP contribution < -0.4 is 5.32 Å². The Morgan fingerprint density at radius 3 is 2.69 bits per heavy atom. The zero-order valence-electron chi connectivity index (χ0n) is 9.65. The van der Waals surface area contributed by atoms with Gasteiger partial charge in [-0.1, -0.05) is 30.3 Å². The van der Waals surface area contributed by atoms with Gasteiger partial charge in [-0.2, -0.15) is 0 Å². The van der Waals surface area contributed by atoms with E-state index >= 15 is 0 Å². The van der Waals surface area contributed by atoms with E-state index in [0.29, 0.717) is 13.0 Å². The summed E-state index contributed by atoms with van der Waals surface area (Å²) in [5, 5.41) is 11.7. The van der Waals surface area contributed by atoms with Crippen molar-refractivity contribution in [3.8, 4) is 0 Å². The molecule has 3 nitrogen and oxygen atoms in total. The maximum Gasteiger partial charge on any atom is 0.220 e. The number of hydrogen-bond acceptors (Lipinski definition) is 2. The molecule has 16 heavy (non-hydrogen) atoms. The Bertz CT molecular complexity index is 309. The van der Waals surface area contributed by atoms with Crippen LogP contribution in [0.2, 0.25) is 0 Å². The molecule has 2 N–H and O–H groups in total. The highest BCUT2D eigenvalue weighted by Crippen LogP contribution is 2.04. The summed E-state index contributed by atoms with van der Waals surface area (Å²) in [6, 6.07) is 10.1. The van der Waals surface area contributed by atoms with Gasteiger partial charge in [-0.25, -0.2) is 0 Å². The fraction of sp³-hybridized carbons (Fsp3) is 0.462. The second-order valence-corrected chi connectivity index (χ2v) is 3.99. The minimum Gasteiger partial charge on any atom is -0.392 e. The molecule has 0 radical (unpaired) electrons. The van der Waals surface area contributed by atoms with Crippen molar-refractivity contribution in [2.75, 3.05) is 6.54 Å². The van der Waals surface area contributed by atoms with Gasteiger partial charge in [0, 0.05) is 13.0 Å². The topological polar surface area (TPSA) is 49.3 Å². The van der Waals surface area contributed by atoms with Crippen molar-refractivity contribution >= 4 is 5.91 Å². The van der Waals surface area contributed by atoms with Gasteiger partial charge in [0.05, 0.1) is 6.10 Å². The van der Waals surface area contributed by atoms with Crippen LogP contribution in [0, 0.1) is 0 Å². The van der Waals surface area contributed by atoms with Crippen molar-refractivity contribution in [3.05, 3.63) is 35.9 Å². The summed E-state index contributed by atoms with van der Waals surface area (Å²) in [5.41, 5.74) is 1.26. The number of aliphatic hydroxyl groups is 1. The van der Waals surface area contributed by atoms with Crippen molar-refractivity contribution in [2.45, 2.75) is 32.3 Å². The van der Waals surface area contributed by atoms with E-state index in [1.165, 1.54) is 5.56 Å². The third-order valence-electron chi connectivity index (χ3n) is 2.31. The zero-order chi connectivity index (χ0) is 11.8. The van der Waals surface area contributed by atoms with Gasteiger partial charge in [-0.05, 0) is 25.3 Å². The molecule has 1 aromatic rings. The van der Waals surface area contributed by atoms with Crippen LogP contribution in [0.3, 0.4) is 0 Å². The minimum absolute atomic E-state index is 0.0110. The van der Waals surface area contributed by atoms with Crippen molar-refractivity contribution in [1.29, 1.82) is 0 Å². The molecule has 1 amide bonds. The van der Waals surface area contributed by atoms with Gasteiger partial charge in [-0.3, -0.25) is 4.79 Å². The lowest BCUT2D eigenvalue weighted by atomic mass is 10.1. The third-order valence-corrected chi connectivity index (χ3v) is 2.31. The Kier molecular flexibility index (Phi) is 5.57. The van der Waals surface area contributed by atoms with Crippen LogP contribution in [0.25, 0.3) is 0 Å². The largest absolute Gasteiger partial charge is 0.392 e. The molecule has 0 bridgehead atoms. The fourth-order valence-electron chi connectivity index (χ4n) is 1.45. The van der Waals surface area contributed by atoms with Crippen molar-refractivity contribution in [1.82, 2.24) is 5.32 Å². The second-order valence-electron chi connectivity index (χ2n) is 3.99. The van der Waals surface area contributed by atoms with Gasteiger partial charge >= 0.3 is 0 Å². The predicted molar refractivity (Wildman–Crippen MR) is 64.1 cm³/mol. The first kappa shape index (κ1) is 12.7. The van der Waals surface area contributed by atoms with Crippen LogP contribution in [0.5, 0.6) is 0 Å². The summed E-state index contributed by atoms with van der Waals surface area (Å²) >= 11 is 0. The highest BCUT2D eigenvalue weighted by molar-refractivity contribution is 5.75. The van der Waals surface area contributed by atoms with E-state index in [-0.39, 0.29) is 5.91 Å². The molecule has 1 aromatic carbocycles. The third kappa shape index (κ3) is 5.51. The zero-order valence-corrected chi connectivity index (χ0v) is 9.65. The van der Waals surface area contributed by atoms with Gasteiger partial charge in [0.2, 0.25) is 5.91 Å². The van der Waals surface area contributed by atoms with Crippen molar-refractivity contribution < 1.29 is 9.90 Å². The number of carbonyl (C=O) groups excluding carboxylic acids is 1. The molecule has 0 saturated heterocycles. The summed E-state index contributed by atoms with van der Waals surface area (Å²) < 4.78 is 0. The SMILES string of the molecule is C[C@H](O)CNC(=O)CCCc1ccccc1. The molecule has 1 atom stereocenters. The van der Waals surface area contributed by atoms with Crippen molar-refractivity contribution in [2.24, 2.45) is 0 Å². The molecule has 0 aliphatic carbocycles. The molecule has 0 aromatic heterocycles. The highest BCUT2D eigenvalue weighted by Gasteiger charge is 2.02. The molecule has 0 aliphatic rings. The summed E-state index contributed by atoms with van der Waals surface area (Å²) in [6.07, 6.45) is 1.80. The maximum absolute atomic E-state index is 11.3. The van der Waals surface area contributed by atoms with Crippen molar-refractivity contribution in [3.63, 3.8) is 0 Å². The average molecular weight is 221 g/mol. The smallest absolute Gasteiger partial charge is 0.220 e. The second kappa shape index (κ2) is 7.01. The van der Waals surface area contributed by atoms with E-state index < -0.39 is 6.10 Å². The molecule has 3 heteroatoms. The molecule has 1 rings (SSSR count). The molecule has 0 unspecified atom stereocenters. The van der Waals surface area contributed by atoms with E-state index in [4.69, 9.17) is 5.11 Å². The number of aliphatic hydroxyl groups excluding tert-OH is 1. The van der Waals surface area contributed by atoms with E-state index in [1.807, 2.05) is 18.2 Å². The van der Waals surface area contributed by atoms with Gasteiger partial charge in [0.15, 0.2) is 0 Å². The minimum atomic E-state index is -0.474. The average Bonchev–Trinajstić information content (AvgIpc) is 2.28. The Morgan fingerprint density at radius 2 is 2.06 bits per heavy atom. The predicted octanol–water partition coefficient (Wildman–Crippen LogP) is 1.51. The van der Waals surface area contributed by atoms with Crippen LogP contribution in [0.1, 0.15) is 25.3 Å². The van der Waals surface area contributed by atoms with Gasteiger partial charge < -0.3 is 10.4 Å². The van der Waals surface area contributed by atoms with Gasteiger partial charge in [0.1, 0.15) is 0 Å². The fourth-order valence-corrected chi connectivity index (χ4v) is 1.45. The van der Waals surface area contributed by atoms with Gasteiger partial charge in [0.25, 0.3) is 0 Å². The first-order valence-corrected chi connectivity index (χ1v) is 5.67. The summed E-state index contributed by atoms with van der Waals surface area (Å²) in [5.74, 6) is 0.0110. The molecular weight excluding hydrogens is 202 g/mol. The Labute approximate surface area is 96.5 Å². The quantitative estimate of drug-likeness (QED) is 0.765. The monoisotopic (exact) mass is 221 g/mol. The normalized spacial score (nSPS) is 12.1. The lowest BCUT2D eigenvalue weighted by Crippen LogP contribution is -2.30. The van der Waals surface area contributed by atoms with Crippen LogP contribution in [-0.4, -0.2) is 23.7 Å². The molecule has 0 saturated carbocycles. The number of carbonyl (C=O) groups is 1. The molecular formula is C13H19NO2. The number of aryl methyl sites for hydroxylation is 1. The first-order valence-electron chi connectivity index (χ1n) is 5.67. The van der Waals surface area contributed by atoms with Crippen LogP contribution >= 0.6 is 0 Å². The molecule has 0 heterocycles. The van der Waals surface area contributed by atoms with Crippen LogP contribution in [-0.2, 0) is 11.2 Å². The Hall–Kier alpha value is -1.35. The van der Waals surface area contributed by atoms with E-state index in [2.05, 4.69) is 17.4 Å². The number of benzene rings is 1. The molecule has 0 fully saturated rings. The van der Waals surface area contributed by atoms with E-state index in [0.717, 1.165) is 12.8 Å². The number of amides is 1. The Balaban J connectivity index is 2.13. The standard InChI is InChI=1S/C13H19NO2/c1-11(15)10-14-13(16)9-5-8-12-6-3-2-4-7-12/h2-4,6-7,11,15H,5,8-10H2,1H3,(H,14,16)/t11-/m0/s1. The maximum atomic E-state index is 11.3. The summed E-state index contributed by atoms with van der Waals surface area (Å²) in [4.78, 5) is 11.3. The first-order chi connectivity index (χ1) is 7.68. The molecule has 0 aliphatic heterocycles. The van der Waals surface area contributed by atoms with Crippen LogP contribution in [0.4, 0.5) is 0 Å². The lowest BCUT2D eigenvalue weighted by molar-refractivity contribution is -0.121. The number of nitrogens with one attached hydrogen (secondary N) is 1. The number of rotatable bonds is 6. The van der Waals surface area contributed by atoms with Crippen LogP contribution in [0.15, 0.2) is 30.3 Å². The highest BCUT2D eigenvalue weighted by atomic mass is 16.3. The van der Waals surface area contributed by atoms with E-state index in [9.17, 15) is 4.79 Å².